The summed E-state index contributed by atoms with van der Waals surface area (Å²) >= 11 is 0. The fourth-order valence-corrected chi connectivity index (χ4v) is 2.97. The minimum atomic E-state index is -0.0312. The van der Waals surface area contributed by atoms with Crippen molar-refractivity contribution in [2.24, 2.45) is 5.92 Å². The molecule has 5 heteroatoms. The molecule has 1 atom stereocenters. The van der Waals surface area contributed by atoms with Crippen molar-refractivity contribution < 1.29 is 9.59 Å². The molecule has 24 heavy (non-hydrogen) atoms. The minimum absolute atomic E-state index is 0.0151. The zero-order chi connectivity index (χ0) is 17.7. The van der Waals surface area contributed by atoms with Crippen molar-refractivity contribution in [3.63, 3.8) is 0 Å². The third-order valence-electron chi connectivity index (χ3n) is 4.43. The van der Waals surface area contributed by atoms with Crippen LogP contribution in [0.3, 0.4) is 0 Å². The lowest BCUT2D eigenvalue weighted by atomic mass is 9.93. The summed E-state index contributed by atoms with van der Waals surface area (Å²) in [5.74, 6) is 0.745. The Morgan fingerprint density at radius 2 is 1.79 bits per heavy atom. The highest BCUT2D eigenvalue weighted by atomic mass is 16.2. The highest BCUT2D eigenvalue weighted by Gasteiger charge is 2.22. The lowest BCUT2D eigenvalue weighted by Crippen LogP contribution is -2.51. The van der Waals surface area contributed by atoms with E-state index in [1.54, 1.807) is 0 Å². The smallest absolute Gasteiger partial charge is 0.234 e. The van der Waals surface area contributed by atoms with Crippen LogP contribution in [0.1, 0.15) is 50.8 Å². The van der Waals surface area contributed by atoms with E-state index >= 15 is 0 Å². The van der Waals surface area contributed by atoms with Crippen LogP contribution in [0.2, 0.25) is 0 Å². The second kappa shape index (κ2) is 8.29. The topological polar surface area (TPSA) is 61.4 Å². The molecule has 0 aliphatic carbocycles. The molecule has 1 fully saturated rings. The number of carbonyl (C=O) groups excluding carboxylic acids is 2. The Hall–Kier alpha value is -1.88. The number of nitrogens with zero attached hydrogens (tertiary/aromatic N) is 1. The van der Waals surface area contributed by atoms with E-state index in [0.29, 0.717) is 31.5 Å². The molecule has 0 radical (unpaired) electrons. The second-order valence-electron chi connectivity index (χ2n) is 7.17. The summed E-state index contributed by atoms with van der Waals surface area (Å²) in [5, 5.41) is 5.90. The fraction of sp³-hybridized carbons (Fsp3) is 0.579. The van der Waals surface area contributed by atoms with E-state index in [0.717, 1.165) is 5.56 Å². The van der Waals surface area contributed by atoms with Crippen LogP contribution in [0.15, 0.2) is 24.3 Å². The molecule has 0 spiro atoms. The van der Waals surface area contributed by atoms with Gasteiger partial charge < -0.3 is 10.6 Å². The molecule has 1 aromatic carbocycles. The summed E-state index contributed by atoms with van der Waals surface area (Å²) in [6.07, 6.45) is 0. The monoisotopic (exact) mass is 331 g/mol. The zero-order valence-electron chi connectivity index (χ0n) is 15.1. The van der Waals surface area contributed by atoms with Crippen LogP contribution in [0.25, 0.3) is 0 Å². The lowest BCUT2D eigenvalue weighted by molar-refractivity contribution is -0.127. The number of carbonyl (C=O) groups is 2. The normalized spacial score (nSPS) is 17.0. The Morgan fingerprint density at radius 1 is 1.17 bits per heavy atom. The van der Waals surface area contributed by atoms with Gasteiger partial charge in [-0.25, -0.2) is 0 Å². The molecular weight excluding hydrogens is 302 g/mol. The van der Waals surface area contributed by atoms with Gasteiger partial charge >= 0.3 is 0 Å². The van der Waals surface area contributed by atoms with Gasteiger partial charge in [-0.1, -0.05) is 52.0 Å². The molecule has 132 valence electrons. The van der Waals surface area contributed by atoms with E-state index in [1.165, 1.54) is 5.56 Å². The zero-order valence-corrected chi connectivity index (χ0v) is 15.1. The summed E-state index contributed by atoms with van der Waals surface area (Å²) in [4.78, 5) is 25.7. The molecule has 1 aliphatic heterocycles. The lowest BCUT2D eigenvalue weighted by Gasteiger charge is -2.28. The Morgan fingerprint density at radius 3 is 2.33 bits per heavy atom. The predicted molar refractivity (Wildman–Crippen MR) is 95.7 cm³/mol. The molecule has 2 amide bonds. The van der Waals surface area contributed by atoms with Gasteiger partial charge in [-0.2, -0.15) is 0 Å². The van der Waals surface area contributed by atoms with Crippen molar-refractivity contribution in [1.29, 1.82) is 0 Å². The summed E-state index contributed by atoms with van der Waals surface area (Å²) in [7, 11) is 0. The van der Waals surface area contributed by atoms with E-state index in [1.807, 2.05) is 4.90 Å². The molecule has 1 saturated heterocycles. The van der Waals surface area contributed by atoms with Gasteiger partial charge in [0.05, 0.1) is 19.1 Å². The average Bonchev–Trinajstić information content (AvgIpc) is 2.52. The molecule has 0 aromatic heterocycles. The van der Waals surface area contributed by atoms with Gasteiger partial charge in [0.25, 0.3) is 0 Å². The fourth-order valence-electron chi connectivity index (χ4n) is 2.97. The van der Waals surface area contributed by atoms with Crippen LogP contribution in [-0.4, -0.2) is 42.9 Å². The molecule has 2 N–H and O–H groups in total. The molecule has 0 bridgehead atoms. The molecule has 1 aliphatic rings. The van der Waals surface area contributed by atoms with Gasteiger partial charge in [0.1, 0.15) is 0 Å². The highest BCUT2D eigenvalue weighted by Crippen LogP contribution is 2.24. The molecule has 0 saturated carbocycles. The van der Waals surface area contributed by atoms with Gasteiger partial charge in [0, 0.05) is 13.1 Å². The third kappa shape index (κ3) is 5.06. The summed E-state index contributed by atoms with van der Waals surface area (Å²) in [5.41, 5.74) is 2.42. The Balaban J connectivity index is 1.99. The van der Waals surface area contributed by atoms with E-state index in [-0.39, 0.29) is 24.4 Å². The minimum Gasteiger partial charge on any atom is -0.354 e. The standard InChI is InChI=1S/C19H29N3O2/c1-13(2)15-5-7-16(8-6-15)19(14(3)4)21-18(24)12-22-10-9-20-17(23)11-22/h5-8,13-14,19H,9-12H2,1-4H3,(H,20,23)(H,21,24)/t19-/m1/s1. The largest absolute Gasteiger partial charge is 0.354 e. The first-order valence-corrected chi connectivity index (χ1v) is 8.75. The number of piperazine rings is 1. The van der Waals surface area contributed by atoms with Crippen molar-refractivity contribution in [3.05, 3.63) is 35.4 Å². The number of nitrogens with one attached hydrogen (secondary N) is 2. The van der Waals surface area contributed by atoms with Gasteiger partial charge in [-0.15, -0.1) is 0 Å². The molecule has 5 nitrogen and oxygen atoms in total. The van der Waals surface area contributed by atoms with Gasteiger partial charge in [-0.3, -0.25) is 14.5 Å². The number of hydrogen-bond acceptors (Lipinski definition) is 3. The summed E-state index contributed by atoms with van der Waals surface area (Å²) in [6.45, 7) is 10.4. The van der Waals surface area contributed by atoms with Crippen LogP contribution in [0.5, 0.6) is 0 Å². The predicted octanol–water partition coefficient (Wildman–Crippen LogP) is 2.06. The second-order valence-corrected chi connectivity index (χ2v) is 7.17. The van der Waals surface area contributed by atoms with Crippen molar-refractivity contribution in [1.82, 2.24) is 15.5 Å². The van der Waals surface area contributed by atoms with Crippen LogP contribution in [0.4, 0.5) is 0 Å². The first-order chi connectivity index (χ1) is 11.4. The van der Waals surface area contributed by atoms with Crippen LogP contribution < -0.4 is 10.6 Å². The number of benzene rings is 1. The molecule has 1 heterocycles. The van der Waals surface area contributed by atoms with Crippen molar-refractivity contribution >= 4 is 11.8 Å². The molecule has 2 rings (SSSR count). The maximum atomic E-state index is 12.4. The Labute approximate surface area is 144 Å². The van der Waals surface area contributed by atoms with Gasteiger partial charge in [0.2, 0.25) is 11.8 Å². The SMILES string of the molecule is CC(C)c1ccc([C@H](NC(=O)CN2CCNC(=O)C2)C(C)C)cc1. The number of hydrogen-bond donors (Lipinski definition) is 2. The highest BCUT2D eigenvalue weighted by molar-refractivity contribution is 5.82. The maximum Gasteiger partial charge on any atom is 0.234 e. The molecular formula is C19H29N3O2. The van der Waals surface area contributed by atoms with E-state index in [2.05, 4.69) is 62.6 Å². The van der Waals surface area contributed by atoms with Crippen molar-refractivity contribution in [2.75, 3.05) is 26.2 Å². The molecule has 1 aromatic rings. The number of rotatable bonds is 6. The first-order valence-electron chi connectivity index (χ1n) is 8.75. The van der Waals surface area contributed by atoms with Gasteiger partial charge in [-0.05, 0) is 23.0 Å². The molecule has 0 unspecified atom stereocenters. The van der Waals surface area contributed by atoms with E-state index in [4.69, 9.17) is 0 Å². The average molecular weight is 331 g/mol. The number of amides is 2. The van der Waals surface area contributed by atoms with E-state index in [9.17, 15) is 9.59 Å². The first kappa shape index (κ1) is 18.5. The third-order valence-corrected chi connectivity index (χ3v) is 4.43. The Bertz CT molecular complexity index is 566. The summed E-state index contributed by atoms with van der Waals surface area (Å²) in [6, 6.07) is 8.47. The van der Waals surface area contributed by atoms with Crippen molar-refractivity contribution in [3.8, 4) is 0 Å². The van der Waals surface area contributed by atoms with Gasteiger partial charge in [0.15, 0.2) is 0 Å². The van der Waals surface area contributed by atoms with E-state index < -0.39 is 0 Å². The van der Waals surface area contributed by atoms with Crippen molar-refractivity contribution in [2.45, 2.75) is 39.7 Å². The van der Waals surface area contributed by atoms with Crippen LogP contribution in [0, 0.1) is 5.92 Å². The quantitative estimate of drug-likeness (QED) is 0.839. The van der Waals surface area contributed by atoms with Crippen LogP contribution >= 0.6 is 0 Å². The summed E-state index contributed by atoms with van der Waals surface area (Å²) < 4.78 is 0. The Kier molecular flexibility index (Phi) is 6.37. The maximum absolute atomic E-state index is 12.4. The van der Waals surface area contributed by atoms with Crippen LogP contribution in [-0.2, 0) is 9.59 Å².